The summed E-state index contributed by atoms with van der Waals surface area (Å²) in [5, 5.41) is 14.1. The Morgan fingerprint density at radius 2 is 2.10 bits per heavy atom. The summed E-state index contributed by atoms with van der Waals surface area (Å²) in [6.07, 6.45) is -3.03. The number of amidine groups is 1. The van der Waals surface area contributed by atoms with Gasteiger partial charge in [0.15, 0.2) is 5.75 Å². The van der Waals surface area contributed by atoms with Crippen LogP contribution < -0.4 is 15.8 Å². The summed E-state index contributed by atoms with van der Waals surface area (Å²) in [6, 6.07) is 4.35. The molecular weight excluding hydrogens is 355 g/mol. The molecule has 1 rings (SSSR count). The van der Waals surface area contributed by atoms with Crippen molar-refractivity contribution < 1.29 is 23.1 Å². The third-order valence-electron chi connectivity index (χ3n) is 2.47. The maximum Gasteiger partial charge on any atom is 0.573 e. The van der Waals surface area contributed by atoms with Crippen molar-refractivity contribution in [1.29, 1.82) is 0 Å². The van der Waals surface area contributed by atoms with Crippen LogP contribution in [0.15, 0.2) is 27.8 Å². The van der Waals surface area contributed by atoms with Crippen molar-refractivity contribution in [3.63, 3.8) is 0 Å². The maximum absolute atomic E-state index is 12.3. The normalized spacial score (nSPS) is 12.3. The highest BCUT2D eigenvalue weighted by Crippen LogP contribution is 2.32. The molecule has 1 aromatic carbocycles. The SMILES string of the molecule is N/C(CCCCNc1ccc(Br)cc1OC(F)(F)F)=N/O. The average molecular weight is 370 g/mol. The Bertz CT molecular complexity index is 495. The van der Waals surface area contributed by atoms with E-state index in [1.165, 1.54) is 12.1 Å². The molecule has 0 aliphatic rings. The Morgan fingerprint density at radius 3 is 2.71 bits per heavy atom. The highest BCUT2D eigenvalue weighted by Gasteiger charge is 2.32. The molecule has 0 aromatic heterocycles. The molecule has 0 bridgehead atoms. The third kappa shape index (κ3) is 7.07. The van der Waals surface area contributed by atoms with Gasteiger partial charge in [0.05, 0.1) is 5.69 Å². The number of alkyl halides is 3. The molecule has 0 aliphatic carbocycles. The van der Waals surface area contributed by atoms with E-state index >= 15 is 0 Å². The fourth-order valence-electron chi connectivity index (χ4n) is 1.56. The summed E-state index contributed by atoms with van der Waals surface area (Å²) >= 11 is 3.09. The molecule has 4 N–H and O–H groups in total. The van der Waals surface area contributed by atoms with Gasteiger partial charge in [0.25, 0.3) is 0 Å². The molecule has 0 radical (unpaired) electrons. The number of oxime groups is 1. The summed E-state index contributed by atoms with van der Waals surface area (Å²) in [7, 11) is 0. The topological polar surface area (TPSA) is 79.9 Å². The number of hydrogen-bond donors (Lipinski definition) is 3. The summed E-state index contributed by atoms with van der Waals surface area (Å²) in [4.78, 5) is 0. The average Bonchev–Trinajstić information content (AvgIpc) is 2.38. The predicted octanol–water partition coefficient (Wildman–Crippen LogP) is 3.68. The Kier molecular flexibility index (Phi) is 6.60. The molecule has 0 amide bonds. The van der Waals surface area contributed by atoms with E-state index in [1.807, 2.05) is 0 Å². The van der Waals surface area contributed by atoms with Crippen LogP contribution >= 0.6 is 15.9 Å². The molecule has 21 heavy (non-hydrogen) atoms. The van der Waals surface area contributed by atoms with E-state index in [4.69, 9.17) is 10.9 Å². The van der Waals surface area contributed by atoms with E-state index < -0.39 is 6.36 Å². The summed E-state index contributed by atoms with van der Waals surface area (Å²) in [5.74, 6) is -0.173. The van der Waals surface area contributed by atoms with Crippen LogP contribution in [0.5, 0.6) is 5.75 Å². The van der Waals surface area contributed by atoms with Gasteiger partial charge in [-0.15, -0.1) is 13.2 Å². The van der Waals surface area contributed by atoms with Crippen LogP contribution in [0, 0.1) is 0 Å². The molecule has 0 saturated heterocycles. The Balaban J connectivity index is 2.54. The molecule has 9 heteroatoms. The Hall–Kier alpha value is -1.64. The molecule has 1 aromatic rings. The lowest BCUT2D eigenvalue weighted by atomic mass is 10.2. The molecule has 118 valence electrons. The number of nitrogens with one attached hydrogen (secondary N) is 1. The van der Waals surface area contributed by atoms with E-state index in [0.29, 0.717) is 30.3 Å². The van der Waals surface area contributed by atoms with Gasteiger partial charge < -0.3 is 21.0 Å². The number of hydrogen-bond acceptors (Lipinski definition) is 4. The number of rotatable bonds is 7. The second-order valence-electron chi connectivity index (χ2n) is 4.16. The second-order valence-corrected chi connectivity index (χ2v) is 5.08. The zero-order valence-corrected chi connectivity index (χ0v) is 12.5. The first-order valence-corrected chi connectivity index (χ1v) is 6.86. The van der Waals surface area contributed by atoms with E-state index in [1.54, 1.807) is 6.07 Å². The minimum Gasteiger partial charge on any atom is -0.409 e. The lowest BCUT2D eigenvalue weighted by Gasteiger charge is -2.15. The minimum absolute atomic E-state index is 0.125. The van der Waals surface area contributed by atoms with Gasteiger partial charge in [-0.2, -0.15) is 0 Å². The van der Waals surface area contributed by atoms with Crippen LogP contribution in [-0.2, 0) is 0 Å². The standard InChI is InChI=1S/C12H15BrF3N3O2/c13-8-4-5-9(10(7-8)21-12(14,15)16)18-6-2-1-3-11(17)19-20/h4-5,7,18,20H,1-3,6H2,(H2,17,19). The van der Waals surface area contributed by atoms with Gasteiger partial charge in [-0.1, -0.05) is 21.1 Å². The summed E-state index contributed by atoms with van der Waals surface area (Å²) in [6.45, 7) is 0.439. The van der Waals surface area contributed by atoms with Crippen LogP contribution in [-0.4, -0.2) is 23.9 Å². The molecule has 0 fully saturated rings. The molecular formula is C12H15BrF3N3O2. The zero-order chi connectivity index (χ0) is 15.9. The minimum atomic E-state index is -4.75. The highest BCUT2D eigenvalue weighted by molar-refractivity contribution is 9.10. The lowest BCUT2D eigenvalue weighted by molar-refractivity contribution is -0.274. The smallest absolute Gasteiger partial charge is 0.409 e. The summed E-state index contributed by atoms with van der Waals surface area (Å²) in [5.41, 5.74) is 5.56. The molecule has 0 heterocycles. The molecule has 0 unspecified atom stereocenters. The molecule has 0 saturated carbocycles. The van der Waals surface area contributed by atoms with Crippen molar-refractivity contribution in [2.45, 2.75) is 25.6 Å². The van der Waals surface area contributed by atoms with Crippen LogP contribution in [0.25, 0.3) is 0 Å². The van der Waals surface area contributed by atoms with Crippen molar-refractivity contribution in [3.05, 3.63) is 22.7 Å². The number of benzene rings is 1. The van der Waals surface area contributed by atoms with Gasteiger partial charge in [-0.3, -0.25) is 0 Å². The Labute approximate surface area is 128 Å². The van der Waals surface area contributed by atoms with Crippen LogP contribution in [0.4, 0.5) is 18.9 Å². The zero-order valence-electron chi connectivity index (χ0n) is 11.0. The number of nitrogens with zero attached hydrogens (tertiary/aromatic N) is 1. The van der Waals surface area contributed by atoms with E-state index in [0.717, 1.165) is 0 Å². The van der Waals surface area contributed by atoms with Gasteiger partial charge in [-0.05, 0) is 31.0 Å². The Morgan fingerprint density at radius 1 is 1.38 bits per heavy atom. The van der Waals surface area contributed by atoms with Crippen LogP contribution in [0.1, 0.15) is 19.3 Å². The van der Waals surface area contributed by atoms with Crippen molar-refractivity contribution in [1.82, 2.24) is 0 Å². The van der Waals surface area contributed by atoms with Crippen LogP contribution in [0.3, 0.4) is 0 Å². The highest BCUT2D eigenvalue weighted by atomic mass is 79.9. The van der Waals surface area contributed by atoms with Crippen LogP contribution in [0.2, 0.25) is 0 Å². The number of nitrogens with two attached hydrogens (primary N) is 1. The van der Waals surface area contributed by atoms with Crippen molar-refractivity contribution in [3.8, 4) is 5.75 Å². The lowest BCUT2D eigenvalue weighted by Crippen LogP contribution is -2.18. The number of anilines is 1. The largest absolute Gasteiger partial charge is 0.573 e. The first-order chi connectivity index (χ1) is 9.81. The molecule has 0 atom stereocenters. The van der Waals surface area contributed by atoms with Crippen molar-refractivity contribution >= 4 is 27.5 Å². The van der Waals surface area contributed by atoms with Gasteiger partial charge in [0, 0.05) is 17.4 Å². The van der Waals surface area contributed by atoms with Crippen molar-refractivity contribution in [2.75, 3.05) is 11.9 Å². The number of halogens is 4. The number of ether oxygens (including phenoxy) is 1. The maximum atomic E-state index is 12.3. The molecule has 0 aliphatic heterocycles. The van der Waals surface area contributed by atoms with Gasteiger partial charge >= 0.3 is 6.36 Å². The monoisotopic (exact) mass is 369 g/mol. The van der Waals surface area contributed by atoms with Crippen molar-refractivity contribution in [2.24, 2.45) is 10.9 Å². The summed E-state index contributed by atoms with van der Waals surface area (Å²) < 4.78 is 41.4. The van der Waals surface area contributed by atoms with E-state index in [-0.39, 0.29) is 17.3 Å². The van der Waals surface area contributed by atoms with E-state index in [9.17, 15) is 13.2 Å². The second kappa shape index (κ2) is 7.96. The molecule has 0 spiro atoms. The predicted molar refractivity (Wildman–Crippen MR) is 76.6 cm³/mol. The van der Waals surface area contributed by atoms with Gasteiger partial charge in [0.2, 0.25) is 0 Å². The fraction of sp³-hybridized carbons (Fsp3) is 0.417. The molecule has 5 nitrogen and oxygen atoms in total. The first kappa shape index (κ1) is 17.4. The fourth-order valence-corrected chi connectivity index (χ4v) is 1.90. The van der Waals surface area contributed by atoms with Gasteiger partial charge in [0.1, 0.15) is 5.84 Å². The number of unbranched alkanes of at least 4 members (excludes halogenated alkanes) is 1. The van der Waals surface area contributed by atoms with E-state index in [2.05, 4.69) is 31.1 Å². The quantitative estimate of drug-likeness (QED) is 0.225. The van der Waals surface area contributed by atoms with Gasteiger partial charge in [-0.25, -0.2) is 0 Å². The first-order valence-electron chi connectivity index (χ1n) is 6.07. The third-order valence-corrected chi connectivity index (χ3v) is 2.97.